The molecule has 3 heteroatoms. The van der Waals surface area contributed by atoms with Crippen molar-refractivity contribution in [1.29, 1.82) is 0 Å². The third kappa shape index (κ3) is 2.66. The van der Waals surface area contributed by atoms with Gasteiger partial charge in [0, 0.05) is 16.5 Å². The molecule has 0 N–H and O–H groups in total. The van der Waals surface area contributed by atoms with Crippen LogP contribution in [0.2, 0.25) is 6.82 Å². The molecular formula is C25H19B2N. The van der Waals surface area contributed by atoms with Gasteiger partial charge in [-0.2, -0.15) is 0 Å². The molecule has 0 aliphatic rings. The lowest BCUT2D eigenvalue weighted by atomic mass is 9.42. The van der Waals surface area contributed by atoms with Crippen LogP contribution in [0.1, 0.15) is 0 Å². The van der Waals surface area contributed by atoms with E-state index in [1.165, 1.54) is 32.7 Å². The molecule has 2 radical (unpaired) electrons. The largest absolute Gasteiger partial charge is 0.310 e. The highest BCUT2D eigenvalue weighted by Gasteiger charge is 2.17. The fraction of sp³-hybridized carbons (Fsp3) is 0.0400. The smallest absolute Gasteiger partial charge is 0.206 e. The lowest BCUT2D eigenvalue weighted by Crippen LogP contribution is -2.38. The predicted octanol–water partition coefficient (Wildman–Crippen LogP) is 3.82. The molecule has 5 rings (SSSR count). The minimum atomic E-state index is 0.324. The molecule has 0 aliphatic carbocycles. The SMILES string of the molecule is [B]c1ccccc1-n1c2ccccc2c2ccc(B(C)c3ccccc3)cc21. The maximum Gasteiger partial charge on any atom is 0.206 e. The van der Waals surface area contributed by atoms with Crippen molar-refractivity contribution in [2.75, 3.05) is 0 Å². The van der Waals surface area contributed by atoms with Crippen LogP contribution in [0.25, 0.3) is 27.5 Å². The summed E-state index contributed by atoms with van der Waals surface area (Å²) in [5.74, 6) is 0. The van der Waals surface area contributed by atoms with Gasteiger partial charge in [0.2, 0.25) is 6.71 Å². The minimum Gasteiger partial charge on any atom is -0.310 e. The van der Waals surface area contributed by atoms with E-state index in [4.69, 9.17) is 7.85 Å². The summed E-state index contributed by atoms with van der Waals surface area (Å²) in [6.45, 7) is 2.59. The zero-order valence-corrected chi connectivity index (χ0v) is 15.8. The highest BCUT2D eigenvalue weighted by molar-refractivity contribution is 6.84. The molecule has 0 amide bonds. The molecule has 0 aliphatic heterocycles. The van der Waals surface area contributed by atoms with Gasteiger partial charge in [-0.1, -0.05) is 102 Å². The Morgan fingerprint density at radius 3 is 2.14 bits per heavy atom. The zero-order valence-electron chi connectivity index (χ0n) is 15.8. The van der Waals surface area contributed by atoms with E-state index in [0.29, 0.717) is 6.71 Å². The van der Waals surface area contributed by atoms with Crippen LogP contribution in [0.4, 0.5) is 0 Å². The van der Waals surface area contributed by atoms with Crippen molar-refractivity contribution in [2.45, 2.75) is 6.82 Å². The van der Waals surface area contributed by atoms with Gasteiger partial charge < -0.3 is 4.57 Å². The summed E-state index contributed by atoms with van der Waals surface area (Å²) in [5, 5.41) is 2.50. The van der Waals surface area contributed by atoms with Crippen LogP contribution in [0.5, 0.6) is 0 Å². The number of fused-ring (bicyclic) bond motifs is 3. The van der Waals surface area contributed by atoms with Crippen molar-refractivity contribution < 1.29 is 0 Å². The molecular weight excluding hydrogens is 336 g/mol. The second-order valence-electron chi connectivity index (χ2n) is 7.32. The van der Waals surface area contributed by atoms with Crippen molar-refractivity contribution in [1.82, 2.24) is 4.57 Å². The Hall–Kier alpha value is -3.19. The molecule has 0 fully saturated rings. The summed E-state index contributed by atoms with van der Waals surface area (Å²) < 4.78 is 2.29. The van der Waals surface area contributed by atoms with Gasteiger partial charge in [-0.3, -0.25) is 0 Å². The first-order valence-corrected chi connectivity index (χ1v) is 9.67. The Balaban J connectivity index is 1.80. The Morgan fingerprint density at radius 2 is 1.32 bits per heavy atom. The van der Waals surface area contributed by atoms with Crippen molar-refractivity contribution >= 4 is 52.8 Å². The zero-order chi connectivity index (χ0) is 19.1. The Labute approximate surface area is 167 Å². The second-order valence-corrected chi connectivity index (χ2v) is 7.32. The summed E-state index contributed by atoms with van der Waals surface area (Å²) in [7, 11) is 6.36. The van der Waals surface area contributed by atoms with E-state index in [2.05, 4.69) is 90.3 Å². The van der Waals surface area contributed by atoms with Crippen molar-refractivity contribution in [2.24, 2.45) is 0 Å². The quantitative estimate of drug-likeness (QED) is 0.434. The number of benzene rings is 4. The third-order valence-electron chi connectivity index (χ3n) is 5.68. The van der Waals surface area contributed by atoms with Crippen LogP contribution in [0.15, 0.2) is 97.1 Å². The topological polar surface area (TPSA) is 4.93 Å². The number of aromatic nitrogens is 1. The molecule has 0 bridgehead atoms. The van der Waals surface area contributed by atoms with Gasteiger partial charge in [0.05, 0.1) is 11.0 Å². The monoisotopic (exact) mass is 355 g/mol. The Morgan fingerprint density at radius 1 is 0.643 bits per heavy atom. The predicted molar refractivity (Wildman–Crippen MR) is 123 cm³/mol. The third-order valence-corrected chi connectivity index (χ3v) is 5.68. The van der Waals surface area contributed by atoms with Crippen molar-refractivity contribution in [3.8, 4) is 5.69 Å². The summed E-state index contributed by atoms with van der Waals surface area (Å²) in [4.78, 5) is 0. The standard InChI is InChI=1S/C25H19B2N/c1-27(18-9-3-2-4-10-18)19-15-16-21-20-11-5-7-13-23(20)28(25(21)17-19)24-14-8-6-12-22(24)26/h2-17H,1H3. The first kappa shape index (κ1) is 16.9. The average molecular weight is 355 g/mol. The van der Waals surface area contributed by atoms with Crippen LogP contribution in [0.3, 0.4) is 0 Å². The summed E-state index contributed by atoms with van der Waals surface area (Å²) in [5.41, 5.74) is 6.81. The number of para-hydroxylation sites is 2. The molecule has 1 nitrogen and oxygen atoms in total. The van der Waals surface area contributed by atoms with Gasteiger partial charge in [-0.15, -0.1) is 0 Å². The lowest BCUT2D eigenvalue weighted by Gasteiger charge is -2.13. The average Bonchev–Trinajstić information content (AvgIpc) is 3.08. The Bertz CT molecular complexity index is 1290. The van der Waals surface area contributed by atoms with Crippen LogP contribution >= 0.6 is 0 Å². The maximum atomic E-state index is 6.36. The van der Waals surface area contributed by atoms with Gasteiger partial charge in [0.1, 0.15) is 7.85 Å². The van der Waals surface area contributed by atoms with Gasteiger partial charge in [-0.25, -0.2) is 0 Å². The van der Waals surface area contributed by atoms with E-state index in [1.54, 1.807) is 0 Å². The van der Waals surface area contributed by atoms with Crippen LogP contribution in [-0.2, 0) is 0 Å². The van der Waals surface area contributed by atoms with E-state index in [0.717, 1.165) is 11.2 Å². The molecule has 1 aromatic heterocycles. The molecule has 0 atom stereocenters. The number of hydrogen-bond donors (Lipinski definition) is 0. The van der Waals surface area contributed by atoms with Gasteiger partial charge in [0.25, 0.3) is 0 Å². The van der Waals surface area contributed by atoms with E-state index >= 15 is 0 Å². The first-order chi connectivity index (χ1) is 13.7. The highest BCUT2D eigenvalue weighted by Crippen LogP contribution is 2.30. The summed E-state index contributed by atoms with van der Waals surface area (Å²) in [6.07, 6.45) is 0. The molecule has 0 saturated heterocycles. The number of nitrogens with zero attached hydrogens (tertiary/aromatic N) is 1. The molecule has 1 heterocycles. The van der Waals surface area contributed by atoms with E-state index in [1.807, 2.05) is 18.2 Å². The Kier molecular flexibility index (Phi) is 4.09. The van der Waals surface area contributed by atoms with Crippen molar-refractivity contribution in [3.63, 3.8) is 0 Å². The molecule has 0 unspecified atom stereocenters. The highest BCUT2D eigenvalue weighted by atomic mass is 15.0. The van der Waals surface area contributed by atoms with Crippen LogP contribution in [-0.4, -0.2) is 19.1 Å². The van der Waals surface area contributed by atoms with Crippen LogP contribution in [0, 0.1) is 0 Å². The van der Waals surface area contributed by atoms with E-state index in [-0.39, 0.29) is 0 Å². The molecule has 5 aromatic rings. The fourth-order valence-electron chi connectivity index (χ4n) is 4.14. The summed E-state index contributed by atoms with van der Waals surface area (Å²) >= 11 is 0. The van der Waals surface area contributed by atoms with Crippen LogP contribution < -0.4 is 16.4 Å². The lowest BCUT2D eigenvalue weighted by molar-refractivity contribution is 1.19. The molecule has 0 saturated carbocycles. The maximum absolute atomic E-state index is 6.36. The van der Waals surface area contributed by atoms with Crippen molar-refractivity contribution in [3.05, 3.63) is 97.1 Å². The molecule has 130 valence electrons. The van der Waals surface area contributed by atoms with Gasteiger partial charge in [0.15, 0.2) is 0 Å². The minimum absolute atomic E-state index is 0.324. The van der Waals surface area contributed by atoms with Gasteiger partial charge in [-0.05, 0) is 18.2 Å². The number of rotatable bonds is 3. The molecule has 4 aromatic carbocycles. The fourth-order valence-corrected chi connectivity index (χ4v) is 4.14. The molecule has 0 spiro atoms. The van der Waals surface area contributed by atoms with E-state index in [9.17, 15) is 0 Å². The van der Waals surface area contributed by atoms with E-state index < -0.39 is 0 Å². The van der Waals surface area contributed by atoms with Gasteiger partial charge >= 0.3 is 0 Å². The molecule has 28 heavy (non-hydrogen) atoms. The summed E-state index contributed by atoms with van der Waals surface area (Å²) in [6, 6.07) is 34.1. The normalized spacial score (nSPS) is 11.2. The first-order valence-electron chi connectivity index (χ1n) is 9.67. The second kappa shape index (κ2) is 6.76. The number of hydrogen-bond acceptors (Lipinski definition) is 0.